The maximum atomic E-state index is 6.53. The number of hydrogen-bond donors (Lipinski definition) is 0. The average molecular weight is 300 g/mol. The zero-order chi connectivity index (χ0) is 14.2. The first-order valence-corrected chi connectivity index (χ1v) is 7.47. The van der Waals surface area contributed by atoms with Gasteiger partial charge >= 0.3 is 0 Å². The van der Waals surface area contributed by atoms with Crippen LogP contribution in [-0.4, -0.2) is 11.6 Å². The fourth-order valence-corrected chi connectivity index (χ4v) is 2.95. The summed E-state index contributed by atoms with van der Waals surface area (Å²) in [4.78, 5) is 4.47. The molecule has 0 spiro atoms. The summed E-state index contributed by atoms with van der Waals surface area (Å²) in [5.74, 6) is 1.65. The van der Waals surface area contributed by atoms with Gasteiger partial charge in [0.2, 0.25) is 0 Å². The number of ether oxygens (including phenoxy) is 1. The second-order valence-electron chi connectivity index (χ2n) is 5.21. The van der Waals surface area contributed by atoms with Crippen LogP contribution in [0.2, 0.25) is 0 Å². The molecule has 0 aliphatic carbocycles. The minimum atomic E-state index is -0.149. The average Bonchev–Trinajstić information content (AvgIpc) is 3.11. The van der Waals surface area contributed by atoms with E-state index in [1.165, 1.54) is 5.56 Å². The Labute approximate surface area is 127 Å². The predicted molar refractivity (Wildman–Crippen MR) is 81.9 cm³/mol. The molecule has 2 heterocycles. The maximum absolute atomic E-state index is 6.53. The van der Waals surface area contributed by atoms with Crippen LogP contribution in [0.4, 0.5) is 0 Å². The smallest absolute Gasteiger partial charge is 0.197 e. The SMILES string of the molecule is ClC(Cc1nc2ccccc2o1)c1ccc2c(c1)CCO2. The van der Waals surface area contributed by atoms with Crippen molar-refractivity contribution in [1.82, 2.24) is 4.98 Å². The minimum Gasteiger partial charge on any atom is -0.493 e. The molecule has 2 aromatic carbocycles. The zero-order valence-corrected chi connectivity index (χ0v) is 12.1. The van der Waals surface area contributed by atoms with Crippen LogP contribution >= 0.6 is 11.6 Å². The second kappa shape index (κ2) is 5.08. The highest BCUT2D eigenvalue weighted by Crippen LogP contribution is 2.32. The van der Waals surface area contributed by atoms with E-state index in [9.17, 15) is 0 Å². The highest BCUT2D eigenvalue weighted by Gasteiger charge is 2.18. The van der Waals surface area contributed by atoms with Crippen LogP contribution in [0, 0.1) is 0 Å². The van der Waals surface area contributed by atoms with Crippen molar-refractivity contribution in [3.05, 3.63) is 59.5 Å². The van der Waals surface area contributed by atoms with Gasteiger partial charge in [0.05, 0.1) is 12.0 Å². The van der Waals surface area contributed by atoms with Crippen LogP contribution in [0.25, 0.3) is 11.1 Å². The number of oxazole rings is 1. The summed E-state index contributed by atoms with van der Waals surface area (Å²) >= 11 is 6.53. The Morgan fingerprint density at radius 1 is 1.19 bits per heavy atom. The molecule has 4 heteroatoms. The molecule has 106 valence electrons. The van der Waals surface area contributed by atoms with E-state index in [1.807, 2.05) is 36.4 Å². The fraction of sp³-hybridized carbons (Fsp3) is 0.235. The number of benzene rings is 2. The topological polar surface area (TPSA) is 35.3 Å². The first kappa shape index (κ1) is 12.7. The summed E-state index contributed by atoms with van der Waals surface area (Å²) < 4.78 is 11.2. The van der Waals surface area contributed by atoms with E-state index in [-0.39, 0.29) is 5.38 Å². The molecule has 3 aromatic rings. The van der Waals surface area contributed by atoms with Gasteiger partial charge in [-0.15, -0.1) is 11.6 Å². The number of aromatic nitrogens is 1. The number of hydrogen-bond acceptors (Lipinski definition) is 3. The summed E-state index contributed by atoms with van der Waals surface area (Å²) in [5.41, 5.74) is 4.00. The largest absolute Gasteiger partial charge is 0.493 e. The van der Waals surface area contributed by atoms with E-state index in [0.717, 1.165) is 35.4 Å². The Bertz CT molecular complexity index is 763. The number of alkyl halides is 1. The van der Waals surface area contributed by atoms with E-state index in [0.29, 0.717) is 12.3 Å². The van der Waals surface area contributed by atoms with Crippen molar-refractivity contribution in [2.45, 2.75) is 18.2 Å². The normalized spacial score (nSPS) is 14.9. The molecule has 1 aliphatic heterocycles. The zero-order valence-electron chi connectivity index (χ0n) is 11.4. The van der Waals surface area contributed by atoms with Crippen molar-refractivity contribution < 1.29 is 9.15 Å². The Morgan fingerprint density at radius 2 is 2.10 bits per heavy atom. The highest BCUT2D eigenvalue weighted by molar-refractivity contribution is 6.20. The summed E-state index contributed by atoms with van der Waals surface area (Å²) in [7, 11) is 0. The molecule has 1 unspecified atom stereocenters. The van der Waals surface area contributed by atoms with E-state index in [4.69, 9.17) is 20.8 Å². The van der Waals surface area contributed by atoms with Gasteiger partial charge in [0.15, 0.2) is 11.5 Å². The summed E-state index contributed by atoms with van der Waals surface area (Å²) in [6, 6.07) is 13.9. The van der Waals surface area contributed by atoms with Crippen LogP contribution in [0.15, 0.2) is 46.9 Å². The number of fused-ring (bicyclic) bond motifs is 2. The van der Waals surface area contributed by atoms with E-state index in [2.05, 4.69) is 11.1 Å². The van der Waals surface area contributed by atoms with Gasteiger partial charge in [-0.1, -0.05) is 24.3 Å². The van der Waals surface area contributed by atoms with Crippen LogP contribution < -0.4 is 4.74 Å². The van der Waals surface area contributed by atoms with Crippen LogP contribution in [0.5, 0.6) is 5.75 Å². The van der Waals surface area contributed by atoms with Crippen molar-refractivity contribution in [3.63, 3.8) is 0 Å². The summed E-state index contributed by atoms with van der Waals surface area (Å²) in [6.45, 7) is 0.761. The monoisotopic (exact) mass is 299 g/mol. The molecule has 1 aliphatic rings. The third-order valence-corrected chi connectivity index (χ3v) is 4.17. The molecule has 0 fully saturated rings. The Morgan fingerprint density at radius 3 is 3.00 bits per heavy atom. The molecule has 1 atom stereocenters. The molecule has 1 aromatic heterocycles. The van der Waals surface area contributed by atoms with Crippen molar-refractivity contribution in [2.24, 2.45) is 0 Å². The molecule has 0 radical (unpaired) electrons. The van der Waals surface area contributed by atoms with Gasteiger partial charge in [-0.05, 0) is 29.3 Å². The van der Waals surface area contributed by atoms with Gasteiger partial charge in [0, 0.05) is 12.8 Å². The number of rotatable bonds is 3. The van der Waals surface area contributed by atoms with Crippen LogP contribution in [0.1, 0.15) is 22.4 Å². The van der Waals surface area contributed by atoms with Gasteiger partial charge in [0.25, 0.3) is 0 Å². The third kappa shape index (κ3) is 2.38. The van der Waals surface area contributed by atoms with Gasteiger partial charge in [0.1, 0.15) is 11.3 Å². The second-order valence-corrected chi connectivity index (χ2v) is 5.74. The lowest BCUT2D eigenvalue weighted by atomic mass is 10.0. The minimum absolute atomic E-state index is 0.149. The van der Waals surface area contributed by atoms with Gasteiger partial charge in [-0.25, -0.2) is 4.98 Å². The van der Waals surface area contributed by atoms with Crippen molar-refractivity contribution in [1.29, 1.82) is 0 Å². The lowest BCUT2D eigenvalue weighted by Crippen LogP contribution is -1.97. The lowest BCUT2D eigenvalue weighted by molar-refractivity contribution is 0.357. The molecule has 0 N–H and O–H groups in total. The lowest BCUT2D eigenvalue weighted by Gasteiger charge is -2.09. The Kier molecular flexibility index (Phi) is 3.08. The molecule has 4 rings (SSSR count). The van der Waals surface area contributed by atoms with Crippen molar-refractivity contribution in [3.8, 4) is 5.75 Å². The summed E-state index contributed by atoms with van der Waals surface area (Å²) in [6.07, 6.45) is 1.53. The molecule has 0 bridgehead atoms. The molecule has 3 nitrogen and oxygen atoms in total. The van der Waals surface area contributed by atoms with Gasteiger partial charge < -0.3 is 9.15 Å². The summed E-state index contributed by atoms with van der Waals surface area (Å²) in [5, 5.41) is -0.149. The van der Waals surface area contributed by atoms with Gasteiger partial charge in [-0.2, -0.15) is 0 Å². The van der Waals surface area contributed by atoms with Crippen molar-refractivity contribution >= 4 is 22.7 Å². The van der Waals surface area contributed by atoms with Crippen LogP contribution in [0.3, 0.4) is 0 Å². The van der Waals surface area contributed by atoms with Gasteiger partial charge in [-0.3, -0.25) is 0 Å². The molecular weight excluding hydrogens is 286 g/mol. The predicted octanol–water partition coefficient (Wildman–Crippen LogP) is 4.29. The molecular formula is C17H14ClNO2. The number of para-hydroxylation sites is 2. The molecule has 21 heavy (non-hydrogen) atoms. The van der Waals surface area contributed by atoms with Crippen molar-refractivity contribution in [2.75, 3.05) is 6.61 Å². The maximum Gasteiger partial charge on any atom is 0.197 e. The molecule has 0 saturated heterocycles. The highest BCUT2D eigenvalue weighted by atomic mass is 35.5. The number of halogens is 1. The molecule has 0 amide bonds. The third-order valence-electron chi connectivity index (χ3n) is 3.77. The Balaban J connectivity index is 1.58. The standard InChI is InChI=1S/C17H14ClNO2/c18-13(11-5-6-15-12(9-11)7-8-20-15)10-17-19-14-3-1-2-4-16(14)21-17/h1-6,9,13H,7-8,10H2. The van der Waals surface area contributed by atoms with Crippen LogP contribution in [-0.2, 0) is 12.8 Å². The van der Waals surface area contributed by atoms with E-state index < -0.39 is 0 Å². The van der Waals surface area contributed by atoms with E-state index in [1.54, 1.807) is 0 Å². The fourth-order valence-electron chi connectivity index (χ4n) is 2.68. The molecule has 0 saturated carbocycles. The first-order valence-electron chi connectivity index (χ1n) is 7.04. The number of nitrogens with zero attached hydrogens (tertiary/aromatic N) is 1. The van der Waals surface area contributed by atoms with E-state index >= 15 is 0 Å². The quantitative estimate of drug-likeness (QED) is 0.677. The Hall–Kier alpha value is -2.00. The first-order chi connectivity index (χ1) is 10.3.